The number of rotatable bonds is 7. The number of methoxy groups -OCH3 is 1. The molecule has 1 aliphatic heterocycles. The van der Waals surface area contributed by atoms with Crippen molar-refractivity contribution in [2.24, 2.45) is 0 Å². The van der Waals surface area contributed by atoms with Gasteiger partial charge in [0.2, 0.25) is 0 Å². The number of hydrogen-bond acceptors (Lipinski definition) is 6. The van der Waals surface area contributed by atoms with E-state index in [1.165, 1.54) is 49.6 Å². The average Bonchev–Trinajstić information content (AvgIpc) is 2.86. The van der Waals surface area contributed by atoms with Crippen LogP contribution in [-0.2, 0) is 16.2 Å². The molecule has 0 atom stereocenters. The van der Waals surface area contributed by atoms with E-state index in [-0.39, 0.29) is 23.4 Å². The maximum atomic E-state index is 14.2. The van der Waals surface area contributed by atoms with Crippen molar-refractivity contribution in [3.05, 3.63) is 94.8 Å². The minimum Gasteiger partial charge on any atom is -0.493 e. The van der Waals surface area contributed by atoms with Crippen molar-refractivity contribution in [1.29, 1.82) is 0 Å². The summed E-state index contributed by atoms with van der Waals surface area (Å²) in [6.45, 7) is 0.136. The number of carbonyl (C=O) groups is 4. The number of imide groups is 2. The number of benzene rings is 3. The molecule has 0 unspecified atom stereocenters. The number of carboxylic acids is 1. The van der Waals surface area contributed by atoms with Gasteiger partial charge in [0.1, 0.15) is 18.0 Å². The third kappa shape index (κ3) is 4.92. The van der Waals surface area contributed by atoms with Crippen molar-refractivity contribution in [1.82, 2.24) is 5.32 Å². The summed E-state index contributed by atoms with van der Waals surface area (Å²) < 4.78 is 25.4. The molecule has 3 aromatic rings. The maximum Gasteiger partial charge on any atom is 0.336 e. The predicted molar refractivity (Wildman–Crippen MR) is 126 cm³/mol. The topological polar surface area (TPSA) is 122 Å². The van der Waals surface area contributed by atoms with Crippen LogP contribution in [0.4, 0.5) is 14.9 Å². The fourth-order valence-corrected chi connectivity index (χ4v) is 3.47. The Morgan fingerprint density at radius 2 is 1.75 bits per heavy atom. The van der Waals surface area contributed by atoms with Gasteiger partial charge in [0.25, 0.3) is 11.8 Å². The van der Waals surface area contributed by atoms with Crippen LogP contribution in [0, 0.1) is 5.82 Å². The molecule has 182 valence electrons. The van der Waals surface area contributed by atoms with Crippen LogP contribution in [0.5, 0.6) is 11.5 Å². The van der Waals surface area contributed by atoms with Crippen molar-refractivity contribution in [3.63, 3.8) is 0 Å². The van der Waals surface area contributed by atoms with E-state index in [2.05, 4.69) is 0 Å². The molecular weight excluding hydrogens is 471 g/mol. The molecule has 0 saturated carbocycles. The Labute approximate surface area is 204 Å². The highest BCUT2D eigenvalue weighted by molar-refractivity contribution is 6.39. The Hall–Kier alpha value is -4.99. The second-order valence-electron chi connectivity index (χ2n) is 7.61. The first-order valence-electron chi connectivity index (χ1n) is 10.6. The molecule has 1 saturated heterocycles. The van der Waals surface area contributed by atoms with E-state index >= 15 is 0 Å². The van der Waals surface area contributed by atoms with Gasteiger partial charge in [-0.2, -0.15) is 0 Å². The van der Waals surface area contributed by atoms with Crippen LogP contribution in [-0.4, -0.2) is 36.0 Å². The molecule has 1 fully saturated rings. The molecule has 1 aliphatic rings. The minimum absolute atomic E-state index is 0.136. The molecular formula is C26H19FN2O7. The Bertz CT molecular complexity index is 1400. The summed E-state index contributed by atoms with van der Waals surface area (Å²) >= 11 is 0. The first-order valence-corrected chi connectivity index (χ1v) is 10.6. The van der Waals surface area contributed by atoms with E-state index < -0.39 is 29.6 Å². The van der Waals surface area contributed by atoms with Crippen molar-refractivity contribution in [2.75, 3.05) is 12.0 Å². The Balaban J connectivity index is 1.57. The van der Waals surface area contributed by atoms with E-state index in [1.807, 2.05) is 5.32 Å². The van der Waals surface area contributed by atoms with Crippen LogP contribution >= 0.6 is 0 Å². The molecule has 4 rings (SSSR count). The van der Waals surface area contributed by atoms with Crippen molar-refractivity contribution >= 4 is 35.6 Å². The average molecular weight is 490 g/mol. The third-order valence-corrected chi connectivity index (χ3v) is 5.29. The summed E-state index contributed by atoms with van der Waals surface area (Å²) in [5.74, 6) is -3.04. The molecule has 3 aromatic carbocycles. The summed E-state index contributed by atoms with van der Waals surface area (Å²) in [5.41, 5.74) is 0.635. The molecule has 10 heteroatoms. The Morgan fingerprint density at radius 1 is 1.03 bits per heavy atom. The smallest absolute Gasteiger partial charge is 0.336 e. The molecule has 2 N–H and O–H groups in total. The van der Waals surface area contributed by atoms with Gasteiger partial charge in [-0.05, 0) is 53.6 Å². The standard InChI is InChI=1S/C26H19FN2O7/c1-35-22-13-16(8-11-21(22)36-14-15-6-9-17(10-7-15)25(32)33)12-18-23(30)28-26(34)29(24(18)31)20-5-3-2-4-19(20)27/h2-13H,14H2,1H3,(H,32,33)(H,28,30,34)/b18-12-. The maximum absolute atomic E-state index is 14.2. The number of urea groups is 1. The summed E-state index contributed by atoms with van der Waals surface area (Å²) in [7, 11) is 1.41. The number of ether oxygens (including phenoxy) is 2. The Kier molecular flexibility index (Phi) is 6.77. The van der Waals surface area contributed by atoms with Gasteiger partial charge in [0.05, 0.1) is 18.4 Å². The van der Waals surface area contributed by atoms with Gasteiger partial charge < -0.3 is 14.6 Å². The largest absolute Gasteiger partial charge is 0.493 e. The number of aromatic carboxylic acids is 1. The summed E-state index contributed by atoms with van der Waals surface area (Å²) in [4.78, 5) is 49.2. The Morgan fingerprint density at radius 3 is 2.42 bits per heavy atom. The zero-order valence-corrected chi connectivity index (χ0v) is 18.9. The number of amides is 4. The molecule has 4 amide bonds. The summed E-state index contributed by atoms with van der Waals surface area (Å²) in [5, 5.41) is 11.0. The number of halogens is 1. The number of carbonyl (C=O) groups excluding carboxylic acids is 3. The molecule has 0 radical (unpaired) electrons. The zero-order valence-electron chi connectivity index (χ0n) is 18.9. The van der Waals surface area contributed by atoms with Crippen molar-refractivity contribution in [3.8, 4) is 11.5 Å². The van der Waals surface area contributed by atoms with Crippen LogP contribution in [0.3, 0.4) is 0 Å². The van der Waals surface area contributed by atoms with Crippen LogP contribution < -0.4 is 19.7 Å². The minimum atomic E-state index is -1.05. The summed E-state index contributed by atoms with van der Waals surface area (Å²) in [6, 6.07) is 15.0. The van der Waals surface area contributed by atoms with E-state index in [4.69, 9.17) is 14.6 Å². The van der Waals surface area contributed by atoms with E-state index in [1.54, 1.807) is 24.3 Å². The van der Waals surface area contributed by atoms with Crippen molar-refractivity contribution in [2.45, 2.75) is 6.61 Å². The molecule has 0 bridgehead atoms. The lowest BCUT2D eigenvalue weighted by atomic mass is 10.1. The molecule has 1 heterocycles. The fraction of sp³-hybridized carbons (Fsp3) is 0.0769. The van der Waals surface area contributed by atoms with Gasteiger partial charge in [-0.3, -0.25) is 14.9 Å². The first kappa shape index (κ1) is 24.1. The highest BCUT2D eigenvalue weighted by Gasteiger charge is 2.38. The second kappa shape index (κ2) is 10.1. The van der Waals surface area contributed by atoms with Gasteiger partial charge in [-0.25, -0.2) is 18.9 Å². The predicted octanol–water partition coefficient (Wildman–Crippen LogP) is 3.78. The lowest BCUT2D eigenvalue weighted by Gasteiger charge is -2.26. The first-order chi connectivity index (χ1) is 17.3. The highest BCUT2D eigenvalue weighted by Crippen LogP contribution is 2.31. The van der Waals surface area contributed by atoms with Crippen LogP contribution in [0.1, 0.15) is 21.5 Å². The number of barbiturate groups is 1. The molecule has 0 aromatic heterocycles. The highest BCUT2D eigenvalue weighted by atomic mass is 19.1. The fourth-order valence-electron chi connectivity index (χ4n) is 3.47. The molecule has 0 aliphatic carbocycles. The van der Waals surface area contributed by atoms with Gasteiger partial charge in [-0.1, -0.05) is 30.3 Å². The quantitative estimate of drug-likeness (QED) is 0.382. The number of nitrogens with one attached hydrogen (secondary N) is 1. The monoisotopic (exact) mass is 490 g/mol. The number of carboxylic acid groups (broad SMARTS) is 1. The second-order valence-corrected chi connectivity index (χ2v) is 7.61. The lowest BCUT2D eigenvalue weighted by Crippen LogP contribution is -2.54. The van der Waals surface area contributed by atoms with Crippen LogP contribution in [0.25, 0.3) is 6.08 Å². The normalized spacial score (nSPS) is 14.6. The van der Waals surface area contributed by atoms with Crippen LogP contribution in [0.2, 0.25) is 0 Å². The van der Waals surface area contributed by atoms with Gasteiger partial charge in [0, 0.05) is 0 Å². The third-order valence-electron chi connectivity index (χ3n) is 5.29. The number of nitrogens with zero attached hydrogens (tertiary/aromatic N) is 1. The molecule has 9 nitrogen and oxygen atoms in total. The molecule has 0 spiro atoms. The van der Waals surface area contributed by atoms with Crippen LogP contribution in [0.15, 0.2) is 72.3 Å². The number of anilines is 1. The number of hydrogen-bond donors (Lipinski definition) is 2. The SMILES string of the molecule is COc1cc(/C=C2/C(=O)NC(=O)N(c3ccccc3F)C2=O)ccc1OCc1ccc(C(=O)O)cc1. The molecule has 36 heavy (non-hydrogen) atoms. The van der Waals surface area contributed by atoms with E-state index in [9.17, 15) is 23.6 Å². The number of para-hydroxylation sites is 1. The van der Waals surface area contributed by atoms with Gasteiger partial charge >= 0.3 is 12.0 Å². The van der Waals surface area contributed by atoms with E-state index in [0.717, 1.165) is 11.6 Å². The van der Waals surface area contributed by atoms with Gasteiger partial charge in [0.15, 0.2) is 11.5 Å². The van der Waals surface area contributed by atoms with Crippen molar-refractivity contribution < 1.29 is 38.1 Å². The van der Waals surface area contributed by atoms with E-state index in [0.29, 0.717) is 22.0 Å². The lowest BCUT2D eigenvalue weighted by molar-refractivity contribution is -0.122. The summed E-state index contributed by atoms with van der Waals surface area (Å²) in [6.07, 6.45) is 1.26. The van der Waals surface area contributed by atoms with Gasteiger partial charge in [-0.15, -0.1) is 0 Å². The zero-order chi connectivity index (χ0) is 25.8.